The van der Waals surface area contributed by atoms with Crippen molar-refractivity contribution in [3.63, 3.8) is 0 Å². The van der Waals surface area contributed by atoms with Crippen LogP contribution in [0.2, 0.25) is 0 Å². The van der Waals surface area contributed by atoms with Crippen LogP contribution in [0.15, 0.2) is 18.2 Å². The van der Waals surface area contributed by atoms with Gasteiger partial charge in [-0.1, -0.05) is 0 Å². The Bertz CT molecular complexity index is 768. The van der Waals surface area contributed by atoms with E-state index in [0.717, 1.165) is 34.0 Å². The number of carbonyl (C=O) groups excluding carboxylic acids is 1. The summed E-state index contributed by atoms with van der Waals surface area (Å²) in [6.07, 6.45) is 0. The molecular formula is C19H27N3O3. The molecule has 2 atom stereocenters. The number of ether oxygens (including phenoxy) is 2. The van der Waals surface area contributed by atoms with Crippen molar-refractivity contribution in [3.05, 3.63) is 40.7 Å². The van der Waals surface area contributed by atoms with Crippen LogP contribution in [0.4, 0.5) is 0 Å². The first-order valence-corrected chi connectivity index (χ1v) is 8.32. The zero-order chi connectivity index (χ0) is 18.7. The van der Waals surface area contributed by atoms with Gasteiger partial charge >= 0.3 is 0 Å². The highest BCUT2D eigenvalue weighted by Gasteiger charge is 2.24. The number of aryl methyl sites for hydroxylation is 2. The van der Waals surface area contributed by atoms with Gasteiger partial charge < -0.3 is 14.8 Å². The first kappa shape index (κ1) is 18.8. The van der Waals surface area contributed by atoms with E-state index in [4.69, 9.17) is 9.47 Å². The van der Waals surface area contributed by atoms with Crippen LogP contribution >= 0.6 is 0 Å². The Hall–Kier alpha value is -2.50. The number of amides is 1. The van der Waals surface area contributed by atoms with E-state index in [9.17, 15) is 4.79 Å². The molecule has 1 aromatic carbocycles. The number of methoxy groups -OCH3 is 2. The molecule has 1 aromatic heterocycles. The fourth-order valence-electron chi connectivity index (χ4n) is 3.14. The lowest BCUT2D eigenvalue weighted by molar-refractivity contribution is -0.122. The molecule has 136 valence electrons. The molecular weight excluding hydrogens is 318 g/mol. The molecule has 2 rings (SSSR count). The molecule has 0 spiro atoms. The molecule has 0 aliphatic rings. The Balaban J connectivity index is 2.22. The van der Waals surface area contributed by atoms with Gasteiger partial charge in [-0.15, -0.1) is 0 Å². The molecule has 0 fully saturated rings. The van der Waals surface area contributed by atoms with Crippen molar-refractivity contribution >= 4 is 5.91 Å². The molecule has 6 heteroatoms. The predicted molar refractivity (Wildman–Crippen MR) is 97.2 cm³/mol. The number of hydrogen-bond donors (Lipinski definition) is 1. The predicted octanol–water partition coefficient (Wildman–Crippen LogP) is 3.04. The van der Waals surface area contributed by atoms with Crippen LogP contribution in [0, 0.1) is 13.8 Å². The van der Waals surface area contributed by atoms with E-state index in [-0.39, 0.29) is 17.9 Å². The maximum atomic E-state index is 12.8. The van der Waals surface area contributed by atoms with Gasteiger partial charge in [0.25, 0.3) is 0 Å². The summed E-state index contributed by atoms with van der Waals surface area (Å²) in [7, 11) is 5.12. The summed E-state index contributed by atoms with van der Waals surface area (Å²) >= 11 is 0. The second kappa shape index (κ2) is 7.59. The van der Waals surface area contributed by atoms with Gasteiger partial charge in [-0.25, -0.2) is 0 Å². The summed E-state index contributed by atoms with van der Waals surface area (Å²) in [5.41, 5.74) is 3.74. The molecule has 25 heavy (non-hydrogen) atoms. The number of nitrogens with one attached hydrogen (secondary N) is 1. The average Bonchev–Trinajstić information content (AvgIpc) is 2.85. The molecule has 0 saturated carbocycles. The minimum absolute atomic E-state index is 0.0448. The Morgan fingerprint density at radius 1 is 1.20 bits per heavy atom. The maximum absolute atomic E-state index is 12.8. The van der Waals surface area contributed by atoms with E-state index in [0.29, 0.717) is 0 Å². The van der Waals surface area contributed by atoms with E-state index in [2.05, 4.69) is 10.4 Å². The van der Waals surface area contributed by atoms with E-state index in [1.54, 1.807) is 14.2 Å². The molecule has 0 bridgehead atoms. The third-order valence-corrected chi connectivity index (χ3v) is 4.65. The van der Waals surface area contributed by atoms with Crippen LogP contribution < -0.4 is 14.8 Å². The summed E-state index contributed by atoms with van der Waals surface area (Å²) in [5, 5.41) is 7.47. The SMILES string of the molecule is COc1ccc(OC)c([C@@H](C)NC(=O)[C@H](C)c2c(C)nn(C)c2C)c1. The third-order valence-electron chi connectivity index (χ3n) is 4.65. The molecule has 1 heterocycles. The molecule has 1 amide bonds. The number of nitrogens with zero attached hydrogens (tertiary/aromatic N) is 2. The Kier molecular flexibility index (Phi) is 5.72. The van der Waals surface area contributed by atoms with E-state index >= 15 is 0 Å². The van der Waals surface area contributed by atoms with Gasteiger partial charge in [-0.05, 0) is 45.9 Å². The third kappa shape index (κ3) is 3.78. The van der Waals surface area contributed by atoms with Crippen molar-refractivity contribution in [2.75, 3.05) is 14.2 Å². The van der Waals surface area contributed by atoms with Crippen molar-refractivity contribution in [3.8, 4) is 11.5 Å². The monoisotopic (exact) mass is 345 g/mol. The lowest BCUT2D eigenvalue weighted by Gasteiger charge is -2.21. The Labute approximate surface area is 149 Å². The fourth-order valence-corrected chi connectivity index (χ4v) is 3.14. The van der Waals surface area contributed by atoms with Crippen LogP contribution in [0.5, 0.6) is 11.5 Å². The first-order valence-electron chi connectivity index (χ1n) is 8.32. The molecule has 0 unspecified atom stereocenters. The van der Waals surface area contributed by atoms with Crippen molar-refractivity contribution in [2.45, 2.75) is 39.7 Å². The second-order valence-electron chi connectivity index (χ2n) is 6.27. The van der Waals surface area contributed by atoms with Crippen molar-refractivity contribution in [2.24, 2.45) is 7.05 Å². The Morgan fingerprint density at radius 2 is 1.88 bits per heavy atom. The Morgan fingerprint density at radius 3 is 2.40 bits per heavy atom. The van der Waals surface area contributed by atoms with Crippen molar-refractivity contribution < 1.29 is 14.3 Å². The molecule has 2 aromatic rings. The van der Waals surface area contributed by atoms with Crippen LogP contribution in [0.3, 0.4) is 0 Å². The highest BCUT2D eigenvalue weighted by molar-refractivity contribution is 5.84. The molecule has 0 aliphatic heterocycles. The molecule has 0 aliphatic carbocycles. The van der Waals surface area contributed by atoms with Crippen LogP contribution in [-0.2, 0) is 11.8 Å². The lowest BCUT2D eigenvalue weighted by Crippen LogP contribution is -2.31. The normalized spacial score (nSPS) is 13.2. The highest BCUT2D eigenvalue weighted by Crippen LogP contribution is 2.30. The standard InChI is InChI=1S/C19H27N3O3/c1-11(18-13(3)21-22(5)14(18)4)19(23)20-12(2)16-10-15(24-6)8-9-17(16)25-7/h8-12H,1-7H3,(H,20,23)/t11-,12-/m1/s1. The van der Waals surface area contributed by atoms with Gasteiger partial charge in [0.2, 0.25) is 5.91 Å². The molecule has 0 radical (unpaired) electrons. The number of aromatic nitrogens is 2. The van der Waals surface area contributed by atoms with Crippen LogP contribution in [-0.4, -0.2) is 29.9 Å². The van der Waals surface area contributed by atoms with Crippen LogP contribution in [0.25, 0.3) is 0 Å². The fraction of sp³-hybridized carbons (Fsp3) is 0.474. The zero-order valence-electron chi connectivity index (χ0n) is 16.0. The summed E-state index contributed by atoms with van der Waals surface area (Å²) in [6, 6.07) is 5.35. The van der Waals surface area contributed by atoms with Gasteiger partial charge in [0.05, 0.1) is 31.9 Å². The quantitative estimate of drug-likeness (QED) is 0.874. The number of hydrogen-bond acceptors (Lipinski definition) is 4. The summed E-state index contributed by atoms with van der Waals surface area (Å²) < 4.78 is 12.5. The van der Waals surface area contributed by atoms with E-state index in [1.165, 1.54) is 0 Å². The van der Waals surface area contributed by atoms with Gasteiger partial charge in [-0.2, -0.15) is 5.10 Å². The minimum atomic E-state index is -0.284. The second-order valence-corrected chi connectivity index (χ2v) is 6.27. The van der Waals surface area contributed by atoms with Crippen molar-refractivity contribution in [1.29, 1.82) is 0 Å². The zero-order valence-corrected chi connectivity index (χ0v) is 16.0. The van der Waals surface area contributed by atoms with Crippen LogP contribution in [0.1, 0.15) is 48.3 Å². The van der Waals surface area contributed by atoms with E-state index in [1.807, 2.05) is 57.6 Å². The smallest absolute Gasteiger partial charge is 0.227 e. The van der Waals surface area contributed by atoms with Gasteiger partial charge in [0, 0.05) is 23.9 Å². The lowest BCUT2D eigenvalue weighted by atomic mass is 9.97. The largest absolute Gasteiger partial charge is 0.497 e. The molecule has 6 nitrogen and oxygen atoms in total. The molecule has 0 saturated heterocycles. The first-order chi connectivity index (χ1) is 11.8. The highest BCUT2D eigenvalue weighted by atomic mass is 16.5. The van der Waals surface area contributed by atoms with Crippen molar-refractivity contribution in [1.82, 2.24) is 15.1 Å². The number of benzene rings is 1. The summed E-state index contributed by atoms with van der Waals surface area (Å²) in [5.74, 6) is 1.11. The maximum Gasteiger partial charge on any atom is 0.227 e. The summed E-state index contributed by atoms with van der Waals surface area (Å²) in [6.45, 7) is 7.75. The molecule has 1 N–H and O–H groups in total. The van der Waals surface area contributed by atoms with E-state index < -0.39 is 0 Å². The number of rotatable bonds is 6. The van der Waals surface area contributed by atoms with Gasteiger partial charge in [-0.3, -0.25) is 9.48 Å². The van der Waals surface area contributed by atoms with Gasteiger partial charge in [0.1, 0.15) is 11.5 Å². The minimum Gasteiger partial charge on any atom is -0.497 e. The topological polar surface area (TPSA) is 65.4 Å². The number of carbonyl (C=O) groups is 1. The summed E-state index contributed by atoms with van der Waals surface area (Å²) in [4.78, 5) is 12.8. The average molecular weight is 345 g/mol. The van der Waals surface area contributed by atoms with Gasteiger partial charge in [0.15, 0.2) is 0 Å².